The minimum Gasteiger partial charge on any atom is -0.508 e. The van der Waals surface area contributed by atoms with E-state index in [1.54, 1.807) is 36.4 Å². The van der Waals surface area contributed by atoms with Crippen molar-refractivity contribution in [3.63, 3.8) is 0 Å². The number of hydrogen-bond acceptors (Lipinski definition) is 3. The summed E-state index contributed by atoms with van der Waals surface area (Å²) in [5.74, 6) is 0.313. The molecule has 0 aliphatic heterocycles. The standard InChI is InChI=1S/C14H12O3.3C2H6/c15-12-5-1-10(2-6-12)9-14(17)11-3-7-13(16)8-4-11;3*1-2/h1-8,15-16H,9H2;3*1-2H3. The van der Waals surface area contributed by atoms with Gasteiger partial charge in [-0.2, -0.15) is 0 Å². The number of Topliss-reactive ketones (excluding diaryl/α,β-unsaturated/α-hetero) is 1. The maximum atomic E-state index is 11.9. The van der Waals surface area contributed by atoms with E-state index in [1.165, 1.54) is 12.1 Å². The molecular weight excluding hydrogens is 288 g/mol. The van der Waals surface area contributed by atoms with E-state index in [4.69, 9.17) is 10.2 Å². The highest BCUT2D eigenvalue weighted by Crippen LogP contribution is 2.14. The average Bonchev–Trinajstić information content (AvgIpc) is 2.63. The number of carbonyl (C=O) groups excluding carboxylic acids is 1. The number of benzene rings is 2. The average molecular weight is 318 g/mol. The molecule has 2 aromatic carbocycles. The molecule has 0 aliphatic rings. The number of phenols is 2. The Labute approximate surface area is 140 Å². The first-order chi connectivity index (χ1) is 11.1. The third-order valence-corrected chi connectivity index (χ3v) is 2.49. The fourth-order valence-electron chi connectivity index (χ4n) is 1.55. The number of aromatic hydroxyl groups is 2. The smallest absolute Gasteiger partial charge is 0.167 e. The van der Waals surface area contributed by atoms with Crippen LogP contribution in [0.3, 0.4) is 0 Å². The first kappa shape index (κ1) is 23.0. The van der Waals surface area contributed by atoms with Crippen molar-refractivity contribution in [1.29, 1.82) is 0 Å². The minimum absolute atomic E-state index is 0.0179. The van der Waals surface area contributed by atoms with Gasteiger partial charge in [-0.3, -0.25) is 4.79 Å². The predicted octanol–water partition coefficient (Wildman–Crippen LogP) is 5.60. The molecule has 0 fully saturated rings. The zero-order chi connectivity index (χ0) is 18.3. The van der Waals surface area contributed by atoms with E-state index in [-0.39, 0.29) is 23.7 Å². The third kappa shape index (κ3) is 9.35. The Hall–Kier alpha value is -2.29. The molecule has 0 atom stereocenters. The molecule has 0 saturated heterocycles. The first-order valence-electron chi connectivity index (χ1n) is 8.25. The number of rotatable bonds is 3. The zero-order valence-corrected chi connectivity index (χ0v) is 15.1. The van der Waals surface area contributed by atoms with Gasteiger partial charge in [-0.25, -0.2) is 0 Å². The number of hydrogen-bond donors (Lipinski definition) is 2. The normalized spacial score (nSPS) is 8.26. The third-order valence-electron chi connectivity index (χ3n) is 2.49. The molecule has 0 aromatic heterocycles. The molecular formula is C20H30O3. The summed E-state index contributed by atoms with van der Waals surface area (Å²) in [6.07, 6.45) is 0.283. The van der Waals surface area contributed by atoms with Gasteiger partial charge in [-0.05, 0) is 42.0 Å². The molecule has 2 N–H and O–H groups in total. The summed E-state index contributed by atoms with van der Waals surface area (Å²) in [5, 5.41) is 18.2. The van der Waals surface area contributed by atoms with E-state index in [0.29, 0.717) is 5.56 Å². The molecule has 2 aromatic rings. The van der Waals surface area contributed by atoms with E-state index < -0.39 is 0 Å². The van der Waals surface area contributed by atoms with Crippen molar-refractivity contribution >= 4 is 5.78 Å². The molecule has 128 valence electrons. The molecule has 0 bridgehead atoms. The van der Waals surface area contributed by atoms with Crippen molar-refractivity contribution < 1.29 is 15.0 Å². The lowest BCUT2D eigenvalue weighted by molar-refractivity contribution is 0.0993. The van der Waals surface area contributed by atoms with Gasteiger partial charge in [0.05, 0.1) is 0 Å². The molecule has 0 radical (unpaired) electrons. The summed E-state index contributed by atoms with van der Waals surface area (Å²) in [7, 11) is 0. The van der Waals surface area contributed by atoms with Crippen LogP contribution in [0.2, 0.25) is 0 Å². The van der Waals surface area contributed by atoms with Crippen molar-refractivity contribution in [1.82, 2.24) is 0 Å². The Morgan fingerprint density at radius 2 is 1.04 bits per heavy atom. The highest BCUT2D eigenvalue weighted by atomic mass is 16.3. The van der Waals surface area contributed by atoms with E-state index in [0.717, 1.165) is 5.56 Å². The summed E-state index contributed by atoms with van der Waals surface area (Å²) in [6, 6.07) is 12.7. The highest BCUT2D eigenvalue weighted by molar-refractivity contribution is 5.97. The van der Waals surface area contributed by atoms with Crippen LogP contribution in [0.1, 0.15) is 57.5 Å². The van der Waals surface area contributed by atoms with Crippen LogP contribution in [0.4, 0.5) is 0 Å². The molecule has 0 spiro atoms. The van der Waals surface area contributed by atoms with Gasteiger partial charge in [-0.15, -0.1) is 0 Å². The van der Waals surface area contributed by atoms with Gasteiger partial charge in [0, 0.05) is 12.0 Å². The summed E-state index contributed by atoms with van der Waals surface area (Å²) < 4.78 is 0. The fraction of sp³-hybridized carbons (Fsp3) is 0.350. The van der Waals surface area contributed by atoms with Crippen molar-refractivity contribution in [3.8, 4) is 11.5 Å². The lowest BCUT2D eigenvalue weighted by atomic mass is 10.0. The maximum Gasteiger partial charge on any atom is 0.167 e. The van der Waals surface area contributed by atoms with Crippen LogP contribution in [-0.4, -0.2) is 16.0 Å². The van der Waals surface area contributed by atoms with E-state index in [1.807, 2.05) is 41.5 Å². The van der Waals surface area contributed by atoms with Crippen LogP contribution < -0.4 is 0 Å². The van der Waals surface area contributed by atoms with Gasteiger partial charge in [-0.1, -0.05) is 53.7 Å². The SMILES string of the molecule is CC.CC.CC.O=C(Cc1ccc(O)cc1)c1ccc(O)cc1. The monoisotopic (exact) mass is 318 g/mol. The lowest BCUT2D eigenvalue weighted by Gasteiger charge is -2.02. The first-order valence-corrected chi connectivity index (χ1v) is 8.25. The van der Waals surface area contributed by atoms with Crippen molar-refractivity contribution in [2.75, 3.05) is 0 Å². The van der Waals surface area contributed by atoms with Gasteiger partial charge in [0.2, 0.25) is 0 Å². The number of phenolic OH excluding ortho intramolecular Hbond substituents is 2. The van der Waals surface area contributed by atoms with Gasteiger partial charge in [0.15, 0.2) is 5.78 Å². The van der Waals surface area contributed by atoms with Crippen LogP contribution in [0.25, 0.3) is 0 Å². The van der Waals surface area contributed by atoms with Crippen molar-refractivity contribution in [3.05, 3.63) is 59.7 Å². The predicted molar refractivity (Wildman–Crippen MR) is 98.3 cm³/mol. The molecule has 0 unspecified atom stereocenters. The molecule has 23 heavy (non-hydrogen) atoms. The second-order valence-corrected chi connectivity index (χ2v) is 3.81. The van der Waals surface area contributed by atoms with Gasteiger partial charge < -0.3 is 10.2 Å². The molecule has 0 saturated carbocycles. The molecule has 3 nitrogen and oxygen atoms in total. The largest absolute Gasteiger partial charge is 0.508 e. The van der Waals surface area contributed by atoms with Gasteiger partial charge >= 0.3 is 0 Å². The van der Waals surface area contributed by atoms with Crippen molar-refractivity contribution in [2.24, 2.45) is 0 Å². The summed E-state index contributed by atoms with van der Waals surface area (Å²) in [6.45, 7) is 12.0. The van der Waals surface area contributed by atoms with Crippen LogP contribution in [0.15, 0.2) is 48.5 Å². The molecule has 3 heteroatoms. The van der Waals surface area contributed by atoms with Gasteiger partial charge in [0.1, 0.15) is 11.5 Å². The molecule has 0 heterocycles. The van der Waals surface area contributed by atoms with E-state index in [9.17, 15) is 4.79 Å². The van der Waals surface area contributed by atoms with E-state index in [2.05, 4.69) is 0 Å². The second kappa shape index (κ2) is 14.6. The molecule has 2 rings (SSSR count). The number of carbonyl (C=O) groups is 1. The van der Waals surface area contributed by atoms with E-state index >= 15 is 0 Å². The lowest BCUT2D eigenvalue weighted by Crippen LogP contribution is -2.02. The van der Waals surface area contributed by atoms with Crippen LogP contribution in [0, 0.1) is 0 Å². The summed E-state index contributed by atoms with van der Waals surface area (Å²) >= 11 is 0. The Morgan fingerprint density at radius 3 is 1.43 bits per heavy atom. The van der Waals surface area contributed by atoms with Crippen molar-refractivity contribution in [2.45, 2.75) is 48.0 Å². The summed E-state index contributed by atoms with van der Waals surface area (Å²) in [4.78, 5) is 11.9. The highest BCUT2D eigenvalue weighted by Gasteiger charge is 2.06. The quantitative estimate of drug-likeness (QED) is 0.724. The molecule has 0 amide bonds. The Balaban J connectivity index is 0. The Morgan fingerprint density at radius 1 is 0.696 bits per heavy atom. The van der Waals surface area contributed by atoms with Crippen LogP contribution in [0.5, 0.6) is 11.5 Å². The molecule has 0 aliphatic carbocycles. The van der Waals surface area contributed by atoms with Crippen LogP contribution in [-0.2, 0) is 6.42 Å². The van der Waals surface area contributed by atoms with Gasteiger partial charge in [0.25, 0.3) is 0 Å². The summed E-state index contributed by atoms with van der Waals surface area (Å²) in [5.41, 5.74) is 1.41. The second-order valence-electron chi connectivity index (χ2n) is 3.81. The zero-order valence-electron chi connectivity index (χ0n) is 15.1. The number of ketones is 1. The fourth-order valence-corrected chi connectivity index (χ4v) is 1.55. The Bertz CT molecular complexity index is 514. The minimum atomic E-state index is -0.0179. The maximum absolute atomic E-state index is 11.9. The topological polar surface area (TPSA) is 57.5 Å². The van der Waals surface area contributed by atoms with Crippen LogP contribution >= 0.6 is 0 Å². The Kier molecular flexibility index (Phi) is 14.6.